The molecule has 2 aliphatic heterocycles. The smallest absolute Gasteiger partial charge is 0.191 e. The number of aliphatic imine (C=N–C) groups is 1. The van der Waals surface area contributed by atoms with Crippen LogP contribution in [0.1, 0.15) is 45.1 Å². The van der Waals surface area contributed by atoms with E-state index >= 15 is 0 Å². The lowest BCUT2D eigenvalue weighted by atomic mass is 10.2. The van der Waals surface area contributed by atoms with Crippen LogP contribution in [0.4, 0.5) is 5.82 Å². The first kappa shape index (κ1) is 22.8. The Kier molecular flexibility index (Phi) is 9.21. The summed E-state index contributed by atoms with van der Waals surface area (Å²) in [6.45, 7) is 12.2. The molecule has 168 valence electrons. The van der Waals surface area contributed by atoms with E-state index < -0.39 is 0 Å². The highest BCUT2D eigenvalue weighted by molar-refractivity contribution is 5.79. The second kappa shape index (κ2) is 12.1. The third-order valence-electron chi connectivity index (χ3n) is 5.77. The number of pyridine rings is 1. The molecule has 3 rings (SSSR count). The van der Waals surface area contributed by atoms with Gasteiger partial charge in [0.15, 0.2) is 5.96 Å². The lowest BCUT2D eigenvalue weighted by Crippen LogP contribution is -2.50. The molecule has 0 amide bonds. The summed E-state index contributed by atoms with van der Waals surface area (Å²) in [5, 5.41) is 6.87. The number of rotatable bonds is 7. The number of anilines is 1. The van der Waals surface area contributed by atoms with Crippen LogP contribution in [0.2, 0.25) is 0 Å². The van der Waals surface area contributed by atoms with E-state index in [1.807, 2.05) is 13.2 Å². The number of aromatic nitrogens is 1. The summed E-state index contributed by atoms with van der Waals surface area (Å²) < 4.78 is 5.94. The maximum absolute atomic E-state index is 5.94. The van der Waals surface area contributed by atoms with E-state index in [4.69, 9.17) is 4.74 Å². The number of nitrogens with zero attached hydrogens (tertiary/aromatic N) is 4. The quantitative estimate of drug-likeness (QED) is 0.526. The molecule has 30 heavy (non-hydrogen) atoms. The van der Waals surface area contributed by atoms with Crippen LogP contribution in [0.25, 0.3) is 0 Å². The topological polar surface area (TPSA) is 65.0 Å². The first-order valence-electron chi connectivity index (χ1n) is 11.6. The highest BCUT2D eigenvalue weighted by atomic mass is 16.5. The van der Waals surface area contributed by atoms with Gasteiger partial charge in [0.25, 0.3) is 0 Å². The van der Waals surface area contributed by atoms with Crippen LogP contribution in [0.3, 0.4) is 0 Å². The van der Waals surface area contributed by atoms with Crippen molar-refractivity contribution in [1.82, 2.24) is 20.5 Å². The molecule has 0 aliphatic carbocycles. The van der Waals surface area contributed by atoms with Gasteiger partial charge in [0.2, 0.25) is 0 Å². The zero-order valence-corrected chi connectivity index (χ0v) is 19.1. The molecule has 7 nitrogen and oxygen atoms in total. The van der Waals surface area contributed by atoms with E-state index in [2.05, 4.69) is 56.4 Å². The van der Waals surface area contributed by atoms with Crippen LogP contribution in [0.5, 0.6) is 0 Å². The molecule has 1 aromatic heterocycles. The summed E-state index contributed by atoms with van der Waals surface area (Å²) in [4.78, 5) is 13.9. The monoisotopic (exact) mass is 416 g/mol. The molecule has 1 unspecified atom stereocenters. The summed E-state index contributed by atoms with van der Waals surface area (Å²) in [6, 6.07) is 4.29. The van der Waals surface area contributed by atoms with Crippen molar-refractivity contribution in [1.29, 1.82) is 0 Å². The number of nitrogens with one attached hydrogen (secondary N) is 2. The van der Waals surface area contributed by atoms with Gasteiger partial charge in [0.1, 0.15) is 5.82 Å². The summed E-state index contributed by atoms with van der Waals surface area (Å²) in [7, 11) is 1.82. The highest BCUT2D eigenvalue weighted by Gasteiger charge is 2.21. The van der Waals surface area contributed by atoms with Crippen molar-refractivity contribution < 1.29 is 4.74 Å². The van der Waals surface area contributed by atoms with Crippen LogP contribution in [0.15, 0.2) is 23.3 Å². The van der Waals surface area contributed by atoms with Crippen molar-refractivity contribution in [3.8, 4) is 0 Å². The maximum Gasteiger partial charge on any atom is 0.191 e. The SMILES string of the molecule is CN=C(NCc1ccnc(N2CCCCCC2)c1)NCC1CN(CC(C)C)CCO1. The van der Waals surface area contributed by atoms with Gasteiger partial charge in [-0.05, 0) is 36.5 Å². The standard InChI is InChI=1S/C23H40N6O/c1-19(2)17-28-12-13-30-21(18-28)16-27-23(24-3)26-15-20-8-9-25-22(14-20)29-10-6-4-5-7-11-29/h8-9,14,19,21H,4-7,10-13,15-18H2,1-3H3,(H2,24,26,27). The van der Waals surface area contributed by atoms with Gasteiger partial charge in [-0.15, -0.1) is 0 Å². The van der Waals surface area contributed by atoms with Gasteiger partial charge in [0, 0.05) is 59.1 Å². The molecular formula is C23H40N6O. The summed E-state index contributed by atoms with van der Waals surface area (Å²) >= 11 is 0. The van der Waals surface area contributed by atoms with Crippen molar-refractivity contribution in [2.75, 3.05) is 57.8 Å². The zero-order valence-electron chi connectivity index (χ0n) is 19.1. The fourth-order valence-electron chi connectivity index (χ4n) is 4.25. The molecule has 2 fully saturated rings. The van der Waals surface area contributed by atoms with E-state index in [-0.39, 0.29) is 6.10 Å². The van der Waals surface area contributed by atoms with Crippen molar-refractivity contribution in [3.63, 3.8) is 0 Å². The Morgan fingerprint density at radius 3 is 2.73 bits per heavy atom. The number of guanidine groups is 1. The minimum absolute atomic E-state index is 0.201. The van der Waals surface area contributed by atoms with Crippen molar-refractivity contribution >= 4 is 11.8 Å². The molecule has 0 radical (unpaired) electrons. The molecule has 1 atom stereocenters. The number of morpholine rings is 1. The summed E-state index contributed by atoms with van der Waals surface area (Å²) in [5.74, 6) is 2.60. The van der Waals surface area contributed by atoms with Crippen LogP contribution < -0.4 is 15.5 Å². The minimum atomic E-state index is 0.201. The molecule has 7 heteroatoms. The fraction of sp³-hybridized carbons (Fsp3) is 0.739. The first-order chi connectivity index (χ1) is 14.6. The van der Waals surface area contributed by atoms with Crippen LogP contribution >= 0.6 is 0 Å². The Morgan fingerprint density at radius 1 is 1.20 bits per heavy atom. The second-order valence-electron chi connectivity index (χ2n) is 8.88. The van der Waals surface area contributed by atoms with Crippen LogP contribution in [0, 0.1) is 5.92 Å². The van der Waals surface area contributed by atoms with Gasteiger partial charge in [-0.3, -0.25) is 9.89 Å². The van der Waals surface area contributed by atoms with Gasteiger partial charge in [-0.2, -0.15) is 0 Å². The number of hydrogen-bond acceptors (Lipinski definition) is 5. The number of ether oxygens (including phenoxy) is 1. The van der Waals surface area contributed by atoms with Gasteiger partial charge in [-0.25, -0.2) is 4.98 Å². The first-order valence-corrected chi connectivity index (χ1v) is 11.6. The molecule has 3 heterocycles. The molecule has 0 saturated carbocycles. The largest absolute Gasteiger partial charge is 0.374 e. The molecule has 0 aromatic carbocycles. The highest BCUT2D eigenvalue weighted by Crippen LogP contribution is 2.18. The Morgan fingerprint density at radius 2 is 2.00 bits per heavy atom. The molecule has 2 saturated heterocycles. The molecule has 1 aromatic rings. The second-order valence-corrected chi connectivity index (χ2v) is 8.88. The van der Waals surface area contributed by atoms with Crippen LogP contribution in [-0.4, -0.2) is 74.9 Å². The zero-order chi connectivity index (χ0) is 21.2. The Balaban J connectivity index is 1.45. The average Bonchev–Trinajstić information content (AvgIpc) is 3.03. The van der Waals surface area contributed by atoms with Gasteiger partial charge in [0.05, 0.1) is 12.7 Å². The fourth-order valence-corrected chi connectivity index (χ4v) is 4.25. The lowest BCUT2D eigenvalue weighted by molar-refractivity contribution is -0.0284. The predicted octanol–water partition coefficient (Wildman–Crippen LogP) is 2.48. The molecule has 0 bridgehead atoms. The normalized spacial score (nSPS) is 21.5. The Bertz CT molecular complexity index is 657. The molecular weight excluding hydrogens is 376 g/mol. The Labute approximate surface area is 182 Å². The third-order valence-corrected chi connectivity index (χ3v) is 5.77. The van der Waals surface area contributed by atoms with E-state index in [0.717, 1.165) is 64.2 Å². The molecule has 0 spiro atoms. The average molecular weight is 417 g/mol. The van der Waals surface area contributed by atoms with Gasteiger partial charge < -0.3 is 20.3 Å². The van der Waals surface area contributed by atoms with Crippen molar-refractivity contribution in [3.05, 3.63) is 23.9 Å². The maximum atomic E-state index is 5.94. The van der Waals surface area contributed by atoms with Crippen LogP contribution in [-0.2, 0) is 11.3 Å². The number of hydrogen-bond donors (Lipinski definition) is 2. The lowest BCUT2D eigenvalue weighted by Gasteiger charge is -2.34. The minimum Gasteiger partial charge on any atom is -0.374 e. The summed E-state index contributed by atoms with van der Waals surface area (Å²) in [5.41, 5.74) is 1.23. The third kappa shape index (κ3) is 7.43. The molecule has 2 aliphatic rings. The van der Waals surface area contributed by atoms with E-state index in [0.29, 0.717) is 5.92 Å². The predicted molar refractivity (Wildman–Crippen MR) is 124 cm³/mol. The van der Waals surface area contributed by atoms with E-state index in [1.165, 1.54) is 31.2 Å². The van der Waals surface area contributed by atoms with E-state index in [9.17, 15) is 0 Å². The van der Waals surface area contributed by atoms with Gasteiger partial charge >= 0.3 is 0 Å². The van der Waals surface area contributed by atoms with E-state index in [1.54, 1.807) is 0 Å². The summed E-state index contributed by atoms with van der Waals surface area (Å²) in [6.07, 6.45) is 7.31. The van der Waals surface area contributed by atoms with Gasteiger partial charge in [-0.1, -0.05) is 26.7 Å². The molecule has 2 N–H and O–H groups in total. The Hall–Kier alpha value is -1.86. The van der Waals surface area contributed by atoms with Crippen molar-refractivity contribution in [2.45, 2.75) is 52.2 Å². The van der Waals surface area contributed by atoms with Crippen molar-refractivity contribution in [2.24, 2.45) is 10.9 Å².